The largest absolute Gasteiger partial charge is 0.370 e. The number of hydrogen-bond donors (Lipinski definition) is 1. The van der Waals surface area contributed by atoms with E-state index in [2.05, 4.69) is 29.2 Å². The van der Waals surface area contributed by atoms with Gasteiger partial charge in [-0.2, -0.15) is 0 Å². The molecule has 1 fully saturated rings. The number of hydrogen-bond acceptors (Lipinski definition) is 3. The van der Waals surface area contributed by atoms with Gasteiger partial charge in [-0.25, -0.2) is 0 Å². The summed E-state index contributed by atoms with van der Waals surface area (Å²) >= 11 is 0. The molecule has 2 atom stereocenters. The van der Waals surface area contributed by atoms with E-state index in [-0.39, 0.29) is 17.9 Å². The Kier molecular flexibility index (Phi) is 5.71. The highest BCUT2D eigenvalue weighted by Gasteiger charge is 2.28. The number of nitrogens with two attached hydrogens (primary N) is 1. The molecule has 0 radical (unpaired) electrons. The molecule has 0 aromatic heterocycles. The van der Waals surface area contributed by atoms with E-state index in [4.69, 9.17) is 5.73 Å². The van der Waals surface area contributed by atoms with Gasteiger partial charge in [-0.1, -0.05) is 55.5 Å². The SMILES string of the molecule is CC(C(=O)N1CCCN(c2ccccc2)CC1)C(N)c1ccccc1. The Hall–Kier alpha value is -2.33. The molecule has 2 N–H and O–H groups in total. The van der Waals surface area contributed by atoms with Gasteiger partial charge in [0.2, 0.25) is 5.91 Å². The average molecular weight is 337 g/mol. The highest BCUT2D eigenvalue weighted by atomic mass is 16.2. The van der Waals surface area contributed by atoms with E-state index in [1.165, 1.54) is 5.69 Å². The van der Waals surface area contributed by atoms with Crippen LogP contribution in [0.5, 0.6) is 0 Å². The molecule has 4 nitrogen and oxygen atoms in total. The molecule has 2 unspecified atom stereocenters. The van der Waals surface area contributed by atoms with Crippen LogP contribution in [0.1, 0.15) is 24.9 Å². The Morgan fingerprint density at radius 2 is 1.56 bits per heavy atom. The van der Waals surface area contributed by atoms with Gasteiger partial charge < -0.3 is 15.5 Å². The summed E-state index contributed by atoms with van der Waals surface area (Å²) in [6, 6.07) is 20.0. The maximum Gasteiger partial charge on any atom is 0.227 e. The van der Waals surface area contributed by atoms with E-state index in [0.717, 1.165) is 38.2 Å². The Balaban J connectivity index is 1.63. The third kappa shape index (κ3) is 4.20. The molecule has 0 aliphatic carbocycles. The van der Waals surface area contributed by atoms with Gasteiger partial charge in [0.25, 0.3) is 0 Å². The molecular weight excluding hydrogens is 310 g/mol. The first-order valence-corrected chi connectivity index (χ1v) is 9.06. The summed E-state index contributed by atoms with van der Waals surface area (Å²) in [6.07, 6.45) is 0.980. The first kappa shape index (κ1) is 17.5. The molecule has 2 aromatic carbocycles. The summed E-state index contributed by atoms with van der Waals surface area (Å²) in [7, 11) is 0. The van der Waals surface area contributed by atoms with Crippen LogP contribution in [0.2, 0.25) is 0 Å². The van der Waals surface area contributed by atoms with E-state index in [1.807, 2.05) is 48.2 Å². The van der Waals surface area contributed by atoms with Crippen molar-refractivity contribution in [1.29, 1.82) is 0 Å². The maximum absolute atomic E-state index is 12.9. The summed E-state index contributed by atoms with van der Waals surface area (Å²) < 4.78 is 0. The molecule has 1 aliphatic heterocycles. The number of carbonyl (C=O) groups excluding carboxylic acids is 1. The molecule has 0 bridgehead atoms. The standard InChI is InChI=1S/C21H27N3O/c1-17(20(22)18-9-4-2-5-10-18)21(25)24-14-8-13-23(15-16-24)19-11-6-3-7-12-19/h2-7,9-12,17,20H,8,13-16,22H2,1H3. The molecular formula is C21H27N3O. The lowest BCUT2D eigenvalue weighted by Crippen LogP contribution is -2.41. The first-order valence-electron chi connectivity index (χ1n) is 9.06. The van der Waals surface area contributed by atoms with Gasteiger partial charge in [-0.15, -0.1) is 0 Å². The van der Waals surface area contributed by atoms with Crippen molar-refractivity contribution in [3.8, 4) is 0 Å². The van der Waals surface area contributed by atoms with Gasteiger partial charge in [0.15, 0.2) is 0 Å². The fourth-order valence-corrected chi connectivity index (χ4v) is 3.44. The monoisotopic (exact) mass is 337 g/mol. The van der Waals surface area contributed by atoms with E-state index in [1.54, 1.807) is 0 Å². The van der Waals surface area contributed by atoms with Gasteiger partial charge in [0.05, 0.1) is 5.92 Å². The Morgan fingerprint density at radius 1 is 0.920 bits per heavy atom. The number of rotatable bonds is 4. The molecule has 4 heteroatoms. The molecule has 1 amide bonds. The molecule has 132 valence electrons. The molecule has 0 spiro atoms. The van der Waals surface area contributed by atoms with Crippen LogP contribution in [0.4, 0.5) is 5.69 Å². The number of para-hydroxylation sites is 1. The summed E-state index contributed by atoms with van der Waals surface area (Å²) in [5.41, 5.74) is 8.59. The van der Waals surface area contributed by atoms with E-state index in [0.29, 0.717) is 0 Å². The highest BCUT2D eigenvalue weighted by molar-refractivity contribution is 5.79. The van der Waals surface area contributed by atoms with Gasteiger partial charge in [-0.3, -0.25) is 4.79 Å². The number of carbonyl (C=O) groups is 1. The van der Waals surface area contributed by atoms with Crippen LogP contribution in [0.25, 0.3) is 0 Å². The summed E-state index contributed by atoms with van der Waals surface area (Å²) in [5.74, 6) is -0.0584. The van der Waals surface area contributed by atoms with E-state index < -0.39 is 0 Å². The Bertz CT molecular complexity index is 674. The highest BCUT2D eigenvalue weighted by Crippen LogP contribution is 2.22. The van der Waals surface area contributed by atoms with Crippen molar-refractivity contribution >= 4 is 11.6 Å². The number of amides is 1. The number of anilines is 1. The molecule has 25 heavy (non-hydrogen) atoms. The van der Waals surface area contributed by atoms with Crippen LogP contribution in [0.15, 0.2) is 60.7 Å². The van der Waals surface area contributed by atoms with Crippen molar-refractivity contribution < 1.29 is 4.79 Å². The lowest BCUT2D eigenvalue weighted by molar-refractivity contribution is -0.135. The molecule has 1 aliphatic rings. The molecule has 1 saturated heterocycles. The van der Waals surface area contributed by atoms with Crippen molar-refractivity contribution in [2.75, 3.05) is 31.1 Å². The van der Waals surface area contributed by atoms with Crippen LogP contribution >= 0.6 is 0 Å². The zero-order chi connectivity index (χ0) is 17.6. The normalized spacial score (nSPS) is 17.7. The van der Waals surface area contributed by atoms with Gasteiger partial charge in [0.1, 0.15) is 0 Å². The van der Waals surface area contributed by atoms with Gasteiger partial charge in [-0.05, 0) is 24.1 Å². The minimum atomic E-state index is -0.262. The Morgan fingerprint density at radius 3 is 2.24 bits per heavy atom. The second-order valence-corrected chi connectivity index (χ2v) is 6.73. The van der Waals surface area contributed by atoms with Gasteiger partial charge in [0, 0.05) is 37.9 Å². The van der Waals surface area contributed by atoms with E-state index in [9.17, 15) is 4.79 Å². The zero-order valence-electron chi connectivity index (χ0n) is 14.8. The Labute approximate surface area is 150 Å². The lowest BCUT2D eigenvalue weighted by Gasteiger charge is -2.28. The second kappa shape index (κ2) is 8.17. The molecule has 1 heterocycles. The van der Waals surface area contributed by atoms with Crippen molar-refractivity contribution in [2.24, 2.45) is 11.7 Å². The third-order valence-electron chi connectivity index (χ3n) is 5.04. The van der Waals surface area contributed by atoms with Crippen LogP contribution in [-0.4, -0.2) is 37.0 Å². The fraction of sp³-hybridized carbons (Fsp3) is 0.381. The topological polar surface area (TPSA) is 49.6 Å². The quantitative estimate of drug-likeness (QED) is 0.933. The maximum atomic E-state index is 12.9. The first-order chi connectivity index (χ1) is 12.2. The smallest absolute Gasteiger partial charge is 0.227 e. The third-order valence-corrected chi connectivity index (χ3v) is 5.04. The van der Waals surface area contributed by atoms with Crippen molar-refractivity contribution in [2.45, 2.75) is 19.4 Å². The van der Waals surface area contributed by atoms with E-state index >= 15 is 0 Å². The predicted octanol–water partition coefficient (Wildman–Crippen LogP) is 3.06. The second-order valence-electron chi connectivity index (χ2n) is 6.73. The van der Waals surface area contributed by atoms with Crippen LogP contribution in [0, 0.1) is 5.92 Å². The van der Waals surface area contributed by atoms with Crippen LogP contribution in [0.3, 0.4) is 0 Å². The zero-order valence-corrected chi connectivity index (χ0v) is 14.8. The van der Waals surface area contributed by atoms with Crippen molar-refractivity contribution in [3.63, 3.8) is 0 Å². The number of benzene rings is 2. The number of nitrogens with zero attached hydrogens (tertiary/aromatic N) is 2. The summed E-state index contributed by atoms with van der Waals surface area (Å²) in [6.45, 7) is 5.34. The minimum Gasteiger partial charge on any atom is -0.370 e. The lowest BCUT2D eigenvalue weighted by atomic mass is 9.94. The average Bonchev–Trinajstić information content (AvgIpc) is 2.94. The van der Waals surface area contributed by atoms with Crippen molar-refractivity contribution in [3.05, 3.63) is 66.2 Å². The van der Waals surface area contributed by atoms with Crippen LogP contribution < -0.4 is 10.6 Å². The fourth-order valence-electron chi connectivity index (χ4n) is 3.44. The summed E-state index contributed by atoms with van der Waals surface area (Å²) in [4.78, 5) is 17.3. The van der Waals surface area contributed by atoms with Crippen molar-refractivity contribution in [1.82, 2.24) is 4.90 Å². The molecule has 0 saturated carbocycles. The predicted molar refractivity (Wildman–Crippen MR) is 102 cm³/mol. The van der Waals surface area contributed by atoms with Gasteiger partial charge >= 0.3 is 0 Å². The molecule has 3 rings (SSSR count). The molecule has 2 aromatic rings. The summed E-state index contributed by atoms with van der Waals surface area (Å²) in [5, 5.41) is 0. The van der Waals surface area contributed by atoms with Crippen LogP contribution in [-0.2, 0) is 4.79 Å². The minimum absolute atomic E-state index is 0.159.